The van der Waals surface area contributed by atoms with Crippen molar-refractivity contribution in [3.8, 4) is 0 Å². The molecule has 1 atom stereocenters. The topological polar surface area (TPSA) is 26.0 Å². The fraction of sp³-hybridized carbons (Fsp3) is 0.667. The van der Waals surface area contributed by atoms with Crippen molar-refractivity contribution in [2.24, 2.45) is 11.7 Å². The van der Waals surface area contributed by atoms with Gasteiger partial charge in [0.25, 0.3) is 0 Å². The van der Waals surface area contributed by atoms with Gasteiger partial charge >= 0.3 is 0 Å². The number of hydrogen-bond donors (Lipinski definition) is 1. The van der Waals surface area contributed by atoms with Crippen LogP contribution in [0.25, 0.3) is 0 Å². The predicted octanol–water partition coefficient (Wildman–Crippen LogP) is 1.50. The van der Waals surface area contributed by atoms with Gasteiger partial charge in [0.1, 0.15) is 0 Å². The monoisotopic (exact) mass is 99.1 g/mol. The van der Waals surface area contributed by atoms with Crippen LogP contribution < -0.4 is 5.73 Å². The van der Waals surface area contributed by atoms with Crippen molar-refractivity contribution in [2.45, 2.75) is 20.3 Å². The molecule has 0 amide bonds. The summed E-state index contributed by atoms with van der Waals surface area (Å²) in [5.41, 5.74) is 6.15. The quantitative estimate of drug-likeness (QED) is 0.558. The maximum absolute atomic E-state index is 5.35. The average Bonchev–Trinajstić information content (AvgIpc) is 1.65. The van der Waals surface area contributed by atoms with Gasteiger partial charge < -0.3 is 5.73 Å². The van der Waals surface area contributed by atoms with Crippen molar-refractivity contribution in [3.63, 3.8) is 0 Å². The summed E-state index contributed by atoms with van der Waals surface area (Å²) in [5.74, 6) is 0.486. The molecule has 0 spiro atoms. The first kappa shape index (κ1) is 6.54. The van der Waals surface area contributed by atoms with E-state index in [-0.39, 0.29) is 0 Å². The van der Waals surface area contributed by atoms with Gasteiger partial charge in [-0.1, -0.05) is 20.4 Å². The Bertz CT molecular complexity index is 66.6. The van der Waals surface area contributed by atoms with Gasteiger partial charge in [0.05, 0.1) is 0 Å². The summed E-state index contributed by atoms with van der Waals surface area (Å²) >= 11 is 0. The fourth-order valence-corrected chi connectivity index (χ4v) is 0.262. The zero-order valence-electron chi connectivity index (χ0n) is 5.07. The van der Waals surface area contributed by atoms with E-state index >= 15 is 0 Å². The van der Waals surface area contributed by atoms with Crippen LogP contribution >= 0.6 is 0 Å². The van der Waals surface area contributed by atoms with Gasteiger partial charge in [0, 0.05) is 5.70 Å². The van der Waals surface area contributed by atoms with Gasteiger partial charge in [0.15, 0.2) is 0 Å². The third-order valence-electron chi connectivity index (χ3n) is 1.25. The Morgan fingerprint density at radius 1 is 1.86 bits per heavy atom. The van der Waals surface area contributed by atoms with Crippen LogP contribution in [0.15, 0.2) is 12.3 Å². The lowest BCUT2D eigenvalue weighted by Gasteiger charge is -2.04. The maximum Gasteiger partial charge on any atom is 0.00361 e. The number of hydrogen-bond acceptors (Lipinski definition) is 1. The van der Waals surface area contributed by atoms with E-state index in [9.17, 15) is 0 Å². The lowest BCUT2D eigenvalue weighted by molar-refractivity contribution is 0.650. The summed E-state index contributed by atoms with van der Waals surface area (Å²) in [4.78, 5) is 0. The van der Waals surface area contributed by atoms with E-state index in [1.807, 2.05) is 0 Å². The van der Waals surface area contributed by atoms with Crippen molar-refractivity contribution >= 4 is 0 Å². The third-order valence-corrected chi connectivity index (χ3v) is 1.25. The van der Waals surface area contributed by atoms with Crippen molar-refractivity contribution in [1.82, 2.24) is 0 Å². The molecule has 0 fully saturated rings. The molecule has 42 valence electrons. The van der Waals surface area contributed by atoms with Gasteiger partial charge in [-0.05, 0) is 12.3 Å². The molecule has 0 bridgehead atoms. The van der Waals surface area contributed by atoms with Gasteiger partial charge in [-0.15, -0.1) is 0 Å². The first-order valence-corrected chi connectivity index (χ1v) is 2.62. The highest BCUT2D eigenvalue weighted by atomic mass is 14.6. The van der Waals surface area contributed by atoms with Crippen LogP contribution in [0.1, 0.15) is 20.3 Å². The zero-order chi connectivity index (χ0) is 5.86. The van der Waals surface area contributed by atoms with Crippen molar-refractivity contribution in [1.29, 1.82) is 0 Å². The molecule has 0 aromatic rings. The minimum absolute atomic E-state index is 0.486. The standard InChI is InChI=1S/C6H13N/c1-4-5(2)6(3)7/h5H,3-4,7H2,1-2H3/t5-/m0/s1. The van der Waals surface area contributed by atoms with Crippen molar-refractivity contribution in [3.05, 3.63) is 12.3 Å². The second-order valence-electron chi connectivity index (χ2n) is 1.88. The molecule has 0 saturated heterocycles. The molecule has 0 saturated carbocycles. The van der Waals surface area contributed by atoms with Gasteiger partial charge in [-0.2, -0.15) is 0 Å². The Hall–Kier alpha value is -0.460. The Balaban J connectivity index is 3.34. The Morgan fingerprint density at radius 3 is 2.29 bits per heavy atom. The molecule has 0 heterocycles. The summed E-state index contributed by atoms with van der Waals surface area (Å²) in [6.45, 7) is 7.78. The molecule has 2 N–H and O–H groups in total. The molecule has 1 nitrogen and oxygen atoms in total. The maximum atomic E-state index is 5.35. The van der Waals surface area contributed by atoms with Crippen LogP contribution in [0, 0.1) is 5.92 Å². The van der Waals surface area contributed by atoms with E-state index in [4.69, 9.17) is 5.73 Å². The molecule has 7 heavy (non-hydrogen) atoms. The normalized spacial score (nSPS) is 13.4. The highest BCUT2D eigenvalue weighted by Crippen LogP contribution is 2.04. The molecule has 0 radical (unpaired) electrons. The number of rotatable bonds is 2. The Morgan fingerprint density at radius 2 is 2.29 bits per heavy atom. The van der Waals surface area contributed by atoms with Crippen LogP contribution in [0.5, 0.6) is 0 Å². The van der Waals surface area contributed by atoms with E-state index in [0.717, 1.165) is 12.1 Å². The van der Waals surface area contributed by atoms with E-state index in [2.05, 4.69) is 20.4 Å². The smallest absolute Gasteiger partial charge is 0.00361 e. The van der Waals surface area contributed by atoms with E-state index in [0.29, 0.717) is 5.92 Å². The molecule has 0 unspecified atom stereocenters. The molecular formula is C6H13N. The van der Waals surface area contributed by atoms with Crippen LogP contribution in [0.2, 0.25) is 0 Å². The molecule has 0 aromatic heterocycles. The number of allylic oxidation sites excluding steroid dienone is 1. The SMILES string of the molecule is C=C(N)[C@@H](C)CC. The largest absolute Gasteiger partial charge is 0.402 e. The second-order valence-corrected chi connectivity index (χ2v) is 1.88. The van der Waals surface area contributed by atoms with Crippen LogP contribution in [0.4, 0.5) is 0 Å². The van der Waals surface area contributed by atoms with Crippen LogP contribution in [0.3, 0.4) is 0 Å². The van der Waals surface area contributed by atoms with Crippen molar-refractivity contribution in [2.75, 3.05) is 0 Å². The van der Waals surface area contributed by atoms with Gasteiger partial charge in [-0.3, -0.25) is 0 Å². The van der Waals surface area contributed by atoms with Gasteiger partial charge in [-0.25, -0.2) is 0 Å². The highest BCUT2D eigenvalue weighted by Gasteiger charge is 1.95. The zero-order valence-corrected chi connectivity index (χ0v) is 5.07. The summed E-state index contributed by atoms with van der Waals surface area (Å²) in [5, 5.41) is 0. The minimum Gasteiger partial charge on any atom is -0.402 e. The molecule has 0 rings (SSSR count). The summed E-state index contributed by atoms with van der Waals surface area (Å²) in [7, 11) is 0. The minimum atomic E-state index is 0.486. The summed E-state index contributed by atoms with van der Waals surface area (Å²) in [6.07, 6.45) is 1.09. The molecule has 0 aliphatic heterocycles. The van der Waals surface area contributed by atoms with Crippen LogP contribution in [-0.4, -0.2) is 0 Å². The first-order valence-electron chi connectivity index (χ1n) is 2.62. The third kappa shape index (κ3) is 2.26. The predicted molar refractivity (Wildman–Crippen MR) is 32.8 cm³/mol. The molecular weight excluding hydrogens is 86.1 g/mol. The molecule has 0 aromatic carbocycles. The lowest BCUT2D eigenvalue weighted by atomic mass is 10.1. The fourth-order valence-electron chi connectivity index (χ4n) is 0.262. The molecule has 0 aliphatic rings. The van der Waals surface area contributed by atoms with Crippen LogP contribution in [-0.2, 0) is 0 Å². The lowest BCUT2D eigenvalue weighted by Crippen LogP contribution is -2.04. The highest BCUT2D eigenvalue weighted by molar-refractivity contribution is 4.90. The summed E-state index contributed by atoms with van der Waals surface area (Å²) < 4.78 is 0. The van der Waals surface area contributed by atoms with Gasteiger partial charge in [0.2, 0.25) is 0 Å². The van der Waals surface area contributed by atoms with Crippen molar-refractivity contribution < 1.29 is 0 Å². The second kappa shape index (κ2) is 2.67. The Kier molecular flexibility index (Phi) is 2.49. The Labute approximate surface area is 45.2 Å². The first-order chi connectivity index (χ1) is 3.18. The summed E-state index contributed by atoms with van der Waals surface area (Å²) in [6, 6.07) is 0. The number of nitrogens with two attached hydrogens (primary N) is 1. The molecule has 0 aliphatic carbocycles. The average molecular weight is 99.2 g/mol. The van der Waals surface area contributed by atoms with E-state index in [1.165, 1.54) is 0 Å². The van der Waals surface area contributed by atoms with E-state index in [1.54, 1.807) is 0 Å². The molecule has 1 heteroatoms. The van der Waals surface area contributed by atoms with E-state index < -0.39 is 0 Å².